The first-order chi connectivity index (χ1) is 14.7. The second-order valence-electron chi connectivity index (χ2n) is 7.54. The third kappa shape index (κ3) is 5.62. The van der Waals surface area contributed by atoms with Gasteiger partial charge in [0.1, 0.15) is 0 Å². The highest BCUT2D eigenvalue weighted by molar-refractivity contribution is 7.89. The van der Waals surface area contributed by atoms with Crippen molar-refractivity contribution in [1.29, 1.82) is 0 Å². The van der Waals surface area contributed by atoms with Crippen LogP contribution in [0.5, 0.6) is 0 Å². The van der Waals surface area contributed by atoms with Crippen molar-refractivity contribution in [2.24, 2.45) is 5.92 Å². The van der Waals surface area contributed by atoms with Crippen molar-refractivity contribution >= 4 is 27.9 Å². The molecule has 1 aliphatic rings. The monoisotopic (exact) mass is 454 g/mol. The van der Waals surface area contributed by atoms with E-state index in [0.717, 1.165) is 26.0 Å². The number of piperidine rings is 1. The van der Waals surface area contributed by atoms with E-state index in [-0.39, 0.29) is 34.5 Å². The molecule has 10 heteroatoms. The minimum atomic E-state index is -4.21. The zero-order chi connectivity index (χ0) is 23.2. The van der Waals surface area contributed by atoms with Gasteiger partial charge in [0.15, 0.2) is 0 Å². The van der Waals surface area contributed by atoms with Crippen LogP contribution in [0.1, 0.15) is 60.2 Å². The molecule has 1 amide bonds. The van der Waals surface area contributed by atoms with Crippen molar-refractivity contribution in [1.82, 2.24) is 9.62 Å². The number of rotatable bonds is 8. The summed E-state index contributed by atoms with van der Waals surface area (Å²) in [5, 5.41) is 2.85. The molecule has 1 heterocycles. The predicted molar refractivity (Wildman–Crippen MR) is 113 cm³/mol. The standard InChI is InChI=1S/C21H30N2O7S/c1-5-6-11-22-19(24)16-8-7-14(2)23(13-16)31(27,28)18-12-15(20(25)29-3)9-10-17(18)21(26)30-4/h9-10,12,14,16H,5-8,11,13H2,1-4H3,(H,22,24)/t14-,16-/m0/s1. The molecule has 2 rings (SSSR count). The van der Waals surface area contributed by atoms with E-state index < -0.39 is 27.9 Å². The van der Waals surface area contributed by atoms with E-state index >= 15 is 0 Å². The number of benzene rings is 1. The number of nitrogens with zero attached hydrogens (tertiary/aromatic N) is 1. The Morgan fingerprint density at radius 3 is 2.42 bits per heavy atom. The van der Waals surface area contributed by atoms with Crippen LogP contribution in [0.4, 0.5) is 0 Å². The number of carbonyl (C=O) groups excluding carboxylic acids is 3. The molecule has 1 N–H and O–H groups in total. The second kappa shape index (κ2) is 10.7. The highest BCUT2D eigenvalue weighted by atomic mass is 32.2. The van der Waals surface area contributed by atoms with Gasteiger partial charge in [-0.1, -0.05) is 13.3 Å². The van der Waals surface area contributed by atoms with Gasteiger partial charge in [0.05, 0.1) is 36.2 Å². The summed E-state index contributed by atoms with van der Waals surface area (Å²) < 4.78 is 37.8. The largest absolute Gasteiger partial charge is 0.465 e. The Bertz CT molecular complexity index is 930. The summed E-state index contributed by atoms with van der Waals surface area (Å²) in [7, 11) is -1.88. The van der Waals surface area contributed by atoms with Gasteiger partial charge in [0.2, 0.25) is 15.9 Å². The van der Waals surface area contributed by atoms with Gasteiger partial charge in [0, 0.05) is 19.1 Å². The van der Waals surface area contributed by atoms with Gasteiger partial charge in [-0.2, -0.15) is 4.31 Å². The van der Waals surface area contributed by atoms with Gasteiger partial charge in [-0.3, -0.25) is 4.79 Å². The maximum atomic E-state index is 13.6. The van der Waals surface area contributed by atoms with Gasteiger partial charge < -0.3 is 14.8 Å². The third-order valence-corrected chi connectivity index (χ3v) is 7.44. The first-order valence-electron chi connectivity index (χ1n) is 10.3. The van der Waals surface area contributed by atoms with Gasteiger partial charge in [-0.15, -0.1) is 0 Å². The fourth-order valence-corrected chi connectivity index (χ4v) is 5.46. The highest BCUT2D eigenvalue weighted by Crippen LogP contribution is 2.31. The second-order valence-corrected chi connectivity index (χ2v) is 9.40. The first-order valence-corrected chi connectivity index (χ1v) is 11.7. The van der Waals surface area contributed by atoms with E-state index in [0.29, 0.717) is 19.4 Å². The Balaban J connectivity index is 2.42. The van der Waals surface area contributed by atoms with Crippen LogP contribution in [-0.2, 0) is 24.3 Å². The lowest BCUT2D eigenvalue weighted by Gasteiger charge is -2.36. The molecule has 0 spiro atoms. The molecule has 9 nitrogen and oxygen atoms in total. The first kappa shape index (κ1) is 24.8. The molecule has 0 unspecified atom stereocenters. The summed E-state index contributed by atoms with van der Waals surface area (Å²) >= 11 is 0. The van der Waals surface area contributed by atoms with E-state index in [2.05, 4.69) is 10.1 Å². The topological polar surface area (TPSA) is 119 Å². The molecule has 31 heavy (non-hydrogen) atoms. The lowest BCUT2D eigenvalue weighted by Crippen LogP contribution is -2.49. The van der Waals surface area contributed by atoms with Crippen LogP contribution in [0.25, 0.3) is 0 Å². The maximum absolute atomic E-state index is 13.6. The van der Waals surface area contributed by atoms with Crippen LogP contribution in [-0.4, -0.2) is 63.9 Å². The number of hydrogen-bond acceptors (Lipinski definition) is 7. The molecule has 1 aliphatic heterocycles. The summed E-state index contributed by atoms with van der Waals surface area (Å²) in [4.78, 5) is 36.4. The van der Waals surface area contributed by atoms with Crippen LogP contribution in [0.2, 0.25) is 0 Å². The van der Waals surface area contributed by atoms with Gasteiger partial charge in [0.25, 0.3) is 0 Å². The zero-order valence-electron chi connectivity index (χ0n) is 18.3. The minimum Gasteiger partial charge on any atom is -0.465 e. The predicted octanol–water partition coefficient (Wildman–Crippen LogP) is 1.97. The molecular formula is C21H30N2O7S. The number of unbranched alkanes of at least 4 members (excludes halogenated alkanes) is 1. The summed E-state index contributed by atoms with van der Waals surface area (Å²) in [6, 6.07) is 3.28. The maximum Gasteiger partial charge on any atom is 0.339 e. The van der Waals surface area contributed by atoms with Crippen LogP contribution in [0.3, 0.4) is 0 Å². The normalized spacial score (nSPS) is 19.5. The van der Waals surface area contributed by atoms with Crippen molar-refractivity contribution in [3.05, 3.63) is 29.3 Å². The van der Waals surface area contributed by atoms with Crippen molar-refractivity contribution in [2.45, 2.75) is 50.5 Å². The van der Waals surface area contributed by atoms with E-state index in [1.807, 2.05) is 6.92 Å². The molecule has 0 saturated carbocycles. The molecule has 1 aromatic rings. The summed E-state index contributed by atoms with van der Waals surface area (Å²) in [5.41, 5.74) is -0.191. The highest BCUT2D eigenvalue weighted by Gasteiger charge is 2.39. The Labute approximate surface area is 183 Å². The number of ether oxygens (including phenoxy) is 2. The van der Waals surface area contributed by atoms with Crippen molar-refractivity contribution in [3.8, 4) is 0 Å². The Hall–Kier alpha value is -2.46. The zero-order valence-corrected chi connectivity index (χ0v) is 19.2. The van der Waals surface area contributed by atoms with Gasteiger partial charge >= 0.3 is 11.9 Å². The molecule has 0 bridgehead atoms. The van der Waals surface area contributed by atoms with Crippen LogP contribution in [0.15, 0.2) is 23.1 Å². The Kier molecular flexibility index (Phi) is 8.58. The Morgan fingerprint density at radius 2 is 1.81 bits per heavy atom. The van der Waals surface area contributed by atoms with Crippen LogP contribution < -0.4 is 5.32 Å². The molecule has 0 aromatic heterocycles. The fraction of sp³-hybridized carbons (Fsp3) is 0.571. The summed E-state index contributed by atoms with van der Waals surface area (Å²) in [6.45, 7) is 4.31. The van der Waals surface area contributed by atoms with E-state index in [9.17, 15) is 22.8 Å². The molecule has 1 aromatic carbocycles. The molecule has 0 aliphatic carbocycles. The molecule has 1 saturated heterocycles. The number of amides is 1. The number of methoxy groups -OCH3 is 2. The summed E-state index contributed by atoms with van der Waals surface area (Å²) in [5.74, 6) is -2.24. The van der Waals surface area contributed by atoms with Crippen LogP contribution in [0, 0.1) is 5.92 Å². The lowest BCUT2D eigenvalue weighted by atomic mass is 9.94. The third-order valence-electron chi connectivity index (χ3n) is 5.42. The van der Waals surface area contributed by atoms with Crippen LogP contribution >= 0.6 is 0 Å². The van der Waals surface area contributed by atoms with Crippen molar-refractivity contribution in [2.75, 3.05) is 27.3 Å². The average Bonchev–Trinajstić information content (AvgIpc) is 2.77. The number of carbonyl (C=O) groups is 3. The van der Waals surface area contributed by atoms with E-state index in [4.69, 9.17) is 4.74 Å². The van der Waals surface area contributed by atoms with Gasteiger partial charge in [-0.05, 0) is 44.4 Å². The molecule has 1 fully saturated rings. The average molecular weight is 455 g/mol. The number of hydrogen-bond donors (Lipinski definition) is 1. The fourth-order valence-electron chi connectivity index (χ4n) is 3.54. The molecule has 0 radical (unpaired) electrons. The lowest BCUT2D eigenvalue weighted by molar-refractivity contribution is -0.126. The Morgan fingerprint density at radius 1 is 1.13 bits per heavy atom. The van der Waals surface area contributed by atoms with E-state index in [1.54, 1.807) is 6.92 Å². The molecular weight excluding hydrogens is 424 g/mol. The quantitative estimate of drug-likeness (QED) is 0.471. The van der Waals surface area contributed by atoms with E-state index in [1.165, 1.54) is 23.5 Å². The van der Waals surface area contributed by atoms with Gasteiger partial charge in [-0.25, -0.2) is 18.0 Å². The van der Waals surface area contributed by atoms with Crippen molar-refractivity contribution in [3.63, 3.8) is 0 Å². The molecule has 172 valence electrons. The molecule has 2 atom stereocenters. The smallest absolute Gasteiger partial charge is 0.339 e. The SMILES string of the molecule is CCCCNC(=O)[C@H]1CC[C@H](C)N(S(=O)(=O)c2cc(C(=O)OC)ccc2C(=O)OC)C1. The minimum absolute atomic E-state index is 0.00718. The number of nitrogens with one attached hydrogen (secondary N) is 1. The van der Waals surface area contributed by atoms with Crippen molar-refractivity contribution < 1.29 is 32.3 Å². The summed E-state index contributed by atoms with van der Waals surface area (Å²) in [6.07, 6.45) is 2.85. The number of esters is 2. The number of sulfonamides is 1.